The van der Waals surface area contributed by atoms with Gasteiger partial charge in [0, 0.05) is 37.8 Å². The van der Waals surface area contributed by atoms with Gasteiger partial charge < -0.3 is 15.1 Å². The number of piperazine rings is 1. The fraction of sp³-hybridized carbons (Fsp3) is 0.381. The zero-order chi connectivity index (χ0) is 21.0. The lowest BCUT2D eigenvalue weighted by Crippen LogP contribution is -2.46. The van der Waals surface area contributed by atoms with Gasteiger partial charge in [-0.3, -0.25) is 14.9 Å². The van der Waals surface area contributed by atoms with Crippen LogP contribution in [-0.4, -0.2) is 48.5 Å². The SMILES string of the molecule is CCc1ccc(C(=O)Nc2cc(N3CCN(CC)CC3)c([N+](=O)[O-])cc2Cl)cc1. The number of rotatable bonds is 6. The van der Waals surface area contributed by atoms with Gasteiger partial charge in [-0.15, -0.1) is 0 Å². The van der Waals surface area contributed by atoms with Gasteiger partial charge >= 0.3 is 0 Å². The average Bonchev–Trinajstić information content (AvgIpc) is 2.74. The molecule has 1 amide bonds. The number of hydrogen-bond acceptors (Lipinski definition) is 5. The number of carbonyl (C=O) groups is 1. The lowest BCUT2D eigenvalue weighted by Gasteiger charge is -2.35. The summed E-state index contributed by atoms with van der Waals surface area (Å²) in [4.78, 5) is 28.0. The topological polar surface area (TPSA) is 78.7 Å². The molecule has 0 unspecified atom stereocenters. The summed E-state index contributed by atoms with van der Waals surface area (Å²) >= 11 is 6.26. The molecule has 0 atom stereocenters. The number of hydrogen-bond donors (Lipinski definition) is 1. The molecule has 1 aliphatic rings. The summed E-state index contributed by atoms with van der Waals surface area (Å²) in [6.07, 6.45) is 0.894. The minimum atomic E-state index is -0.428. The second-order valence-electron chi connectivity index (χ2n) is 7.00. The second kappa shape index (κ2) is 9.24. The molecule has 1 aliphatic heterocycles. The summed E-state index contributed by atoms with van der Waals surface area (Å²) < 4.78 is 0. The molecule has 2 aromatic carbocycles. The van der Waals surface area contributed by atoms with Crippen LogP contribution in [0.5, 0.6) is 0 Å². The summed E-state index contributed by atoms with van der Waals surface area (Å²) in [6.45, 7) is 8.14. The third-order valence-electron chi connectivity index (χ3n) is 5.29. The number of nitro groups is 1. The van der Waals surface area contributed by atoms with E-state index in [0.29, 0.717) is 30.0 Å². The number of halogens is 1. The van der Waals surface area contributed by atoms with Gasteiger partial charge in [0.1, 0.15) is 5.69 Å². The van der Waals surface area contributed by atoms with Crippen LogP contribution in [-0.2, 0) is 6.42 Å². The van der Waals surface area contributed by atoms with Crippen LogP contribution in [0.2, 0.25) is 5.02 Å². The van der Waals surface area contributed by atoms with E-state index in [9.17, 15) is 14.9 Å². The summed E-state index contributed by atoms with van der Waals surface area (Å²) in [5, 5.41) is 14.5. The molecule has 1 fully saturated rings. The predicted molar refractivity (Wildman–Crippen MR) is 116 cm³/mol. The molecule has 0 radical (unpaired) electrons. The van der Waals surface area contributed by atoms with Gasteiger partial charge in [0.05, 0.1) is 15.6 Å². The summed E-state index contributed by atoms with van der Waals surface area (Å²) in [7, 11) is 0. The van der Waals surface area contributed by atoms with Gasteiger partial charge in [0.15, 0.2) is 0 Å². The first-order chi connectivity index (χ1) is 13.9. The number of anilines is 2. The van der Waals surface area contributed by atoms with Crippen LogP contribution in [0, 0.1) is 10.1 Å². The lowest BCUT2D eigenvalue weighted by molar-refractivity contribution is -0.384. The Morgan fingerprint density at radius 2 is 1.79 bits per heavy atom. The second-order valence-corrected chi connectivity index (χ2v) is 7.41. The van der Waals surface area contributed by atoms with E-state index in [4.69, 9.17) is 11.6 Å². The zero-order valence-electron chi connectivity index (χ0n) is 16.7. The Morgan fingerprint density at radius 1 is 1.14 bits per heavy atom. The third-order valence-corrected chi connectivity index (χ3v) is 5.61. The molecule has 8 heteroatoms. The highest BCUT2D eigenvalue weighted by molar-refractivity contribution is 6.34. The highest BCUT2D eigenvalue weighted by Crippen LogP contribution is 2.37. The van der Waals surface area contributed by atoms with Crippen LogP contribution in [0.25, 0.3) is 0 Å². The van der Waals surface area contributed by atoms with Crippen molar-refractivity contribution in [3.8, 4) is 0 Å². The van der Waals surface area contributed by atoms with Crippen molar-refractivity contribution in [2.75, 3.05) is 42.9 Å². The number of nitro benzene ring substituents is 1. The van der Waals surface area contributed by atoms with Gasteiger partial charge in [-0.25, -0.2) is 0 Å². The van der Waals surface area contributed by atoms with Crippen LogP contribution in [0.4, 0.5) is 17.1 Å². The number of amides is 1. The zero-order valence-corrected chi connectivity index (χ0v) is 17.4. The molecular formula is C21H25ClN4O3. The van der Waals surface area contributed by atoms with Crippen LogP contribution >= 0.6 is 11.6 Å². The molecule has 7 nitrogen and oxygen atoms in total. The summed E-state index contributed by atoms with van der Waals surface area (Å²) in [5.41, 5.74) is 2.45. The van der Waals surface area contributed by atoms with Crippen LogP contribution in [0.3, 0.4) is 0 Å². The number of benzene rings is 2. The Hall–Kier alpha value is -2.64. The molecule has 0 aliphatic carbocycles. The molecule has 0 aromatic heterocycles. The highest BCUT2D eigenvalue weighted by Gasteiger charge is 2.25. The normalized spacial score (nSPS) is 14.7. The molecule has 29 heavy (non-hydrogen) atoms. The largest absolute Gasteiger partial charge is 0.363 e. The Morgan fingerprint density at radius 3 is 2.34 bits per heavy atom. The van der Waals surface area contributed by atoms with Crippen molar-refractivity contribution in [1.82, 2.24) is 4.90 Å². The van der Waals surface area contributed by atoms with Gasteiger partial charge in [0.25, 0.3) is 11.6 Å². The van der Waals surface area contributed by atoms with Gasteiger partial charge in [-0.05, 0) is 36.7 Å². The van der Waals surface area contributed by atoms with Gasteiger partial charge in [0.2, 0.25) is 0 Å². The minimum absolute atomic E-state index is 0.0507. The number of nitrogens with zero attached hydrogens (tertiary/aromatic N) is 3. The van der Waals surface area contributed by atoms with Crippen molar-refractivity contribution in [2.45, 2.75) is 20.3 Å². The monoisotopic (exact) mass is 416 g/mol. The Bertz CT molecular complexity index is 894. The number of likely N-dealkylation sites (N-methyl/N-ethyl adjacent to an activating group) is 1. The maximum absolute atomic E-state index is 12.6. The van der Waals surface area contributed by atoms with Gasteiger partial charge in [-0.2, -0.15) is 0 Å². The molecule has 3 rings (SSSR count). The molecule has 1 N–H and O–H groups in total. The Kier molecular flexibility index (Phi) is 6.71. The van der Waals surface area contributed by atoms with E-state index >= 15 is 0 Å². The maximum atomic E-state index is 12.6. The predicted octanol–water partition coefficient (Wildman–Crippen LogP) is 4.20. The van der Waals surface area contributed by atoms with Crippen molar-refractivity contribution in [2.24, 2.45) is 0 Å². The molecular weight excluding hydrogens is 392 g/mol. The summed E-state index contributed by atoms with van der Waals surface area (Å²) in [5.74, 6) is -0.301. The van der Waals surface area contributed by atoms with Crippen LogP contribution < -0.4 is 10.2 Å². The van der Waals surface area contributed by atoms with Gasteiger partial charge in [-0.1, -0.05) is 37.6 Å². The van der Waals surface area contributed by atoms with E-state index < -0.39 is 4.92 Å². The first-order valence-corrected chi connectivity index (χ1v) is 10.2. The van der Waals surface area contributed by atoms with E-state index in [0.717, 1.165) is 31.6 Å². The maximum Gasteiger partial charge on any atom is 0.294 e. The summed E-state index contributed by atoms with van der Waals surface area (Å²) in [6, 6.07) is 10.3. The first kappa shape index (κ1) is 21.1. The highest BCUT2D eigenvalue weighted by atomic mass is 35.5. The molecule has 0 spiro atoms. The lowest BCUT2D eigenvalue weighted by atomic mass is 10.1. The van der Waals surface area contributed by atoms with Crippen molar-refractivity contribution < 1.29 is 9.72 Å². The average molecular weight is 417 g/mol. The molecule has 0 bridgehead atoms. The molecule has 0 saturated carbocycles. The van der Waals surface area contributed by atoms with Crippen molar-refractivity contribution in [3.05, 3.63) is 62.7 Å². The van der Waals surface area contributed by atoms with E-state index in [1.165, 1.54) is 6.07 Å². The standard InChI is InChI=1S/C21H25ClN4O3/c1-3-15-5-7-16(8-6-15)21(27)23-18-14-19(20(26(28)29)13-17(18)22)25-11-9-24(4-2)10-12-25/h5-8,13-14H,3-4,9-12H2,1-2H3,(H,23,27). The molecule has 1 heterocycles. The van der Waals surface area contributed by atoms with E-state index in [-0.39, 0.29) is 16.6 Å². The number of carbonyl (C=O) groups excluding carboxylic acids is 1. The van der Waals surface area contributed by atoms with Crippen molar-refractivity contribution in [1.29, 1.82) is 0 Å². The van der Waals surface area contributed by atoms with Crippen LogP contribution in [0.1, 0.15) is 29.8 Å². The number of nitrogens with one attached hydrogen (secondary N) is 1. The fourth-order valence-corrected chi connectivity index (χ4v) is 3.64. The molecule has 2 aromatic rings. The van der Waals surface area contributed by atoms with E-state index in [2.05, 4.69) is 17.1 Å². The Labute approximate surface area is 175 Å². The minimum Gasteiger partial charge on any atom is -0.363 e. The Balaban J connectivity index is 1.86. The smallest absolute Gasteiger partial charge is 0.294 e. The quantitative estimate of drug-likeness (QED) is 0.563. The van der Waals surface area contributed by atoms with Crippen molar-refractivity contribution >= 4 is 34.6 Å². The van der Waals surface area contributed by atoms with E-state index in [1.807, 2.05) is 24.0 Å². The molecule has 1 saturated heterocycles. The molecule has 154 valence electrons. The first-order valence-electron chi connectivity index (χ1n) is 9.78. The third kappa shape index (κ3) is 4.86. The number of aryl methyl sites for hydroxylation is 1. The van der Waals surface area contributed by atoms with E-state index in [1.54, 1.807) is 18.2 Å². The van der Waals surface area contributed by atoms with Crippen LogP contribution in [0.15, 0.2) is 36.4 Å². The van der Waals surface area contributed by atoms with Crippen molar-refractivity contribution in [3.63, 3.8) is 0 Å². The fourth-order valence-electron chi connectivity index (χ4n) is 3.44.